The van der Waals surface area contributed by atoms with Gasteiger partial charge in [0, 0.05) is 10.8 Å². The molecular formula is C23H27ClN2O3S. The number of nitrogens with one attached hydrogen (secondary N) is 1. The van der Waals surface area contributed by atoms with Gasteiger partial charge in [-0.25, -0.2) is 4.79 Å². The van der Waals surface area contributed by atoms with Crippen LogP contribution in [0.15, 0.2) is 54.6 Å². The number of carbonyl (C=O) groups is 2. The lowest BCUT2D eigenvalue weighted by Crippen LogP contribution is -2.49. The average Bonchev–Trinajstić information content (AvgIpc) is 3.13. The summed E-state index contributed by atoms with van der Waals surface area (Å²) in [6, 6.07) is 16.3. The highest BCUT2D eigenvalue weighted by atomic mass is 35.5. The first-order valence-electron chi connectivity index (χ1n) is 9.89. The molecule has 5 nitrogen and oxygen atoms in total. The van der Waals surface area contributed by atoms with E-state index in [1.165, 1.54) is 0 Å². The molecule has 0 unspecified atom stereocenters. The Morgan fingerprint density at radius 3 is 2.37 bits per heavy atom. The lowest BCUT2D eigenvalue weighted by atomic mass is 10.1. The summed E-state index contributed by atoms with van der Waals surface area (Å²) >= 11 is 7.57. The normalized spacial score (nSPS) is 20.0. The molecule has 1 aliphatic heterocycles. The summed E-state index contributed by atoms with van der Waals surface area (Å²) in [6.45, 7) is 7.39. The molecule has 0 radical (unpaired) electrons. The summed E-state index contributed by atoms with van der Waals surface area (Å²) in [7, 11) is 0. The number of ether oxygens (including phenoxy) is 1. The van der Waals surface area contributed by atoms with Gasteiger partial charge in [0.25, 0.3) is 0 Å². The maximum atomic E-state index is 13.1. The van der Waals surface area contributed by atoms with Crippen molar-refractivity contribution in [3.8, 4) is 0 Å². The van der Waals surface area contributed by atoms with E-state index in [0.717, 1.165) is 11.1 Å². The molecule has 160 valence electrons. The molecule has 1 fully saturated rings. The third kappa shape index (κ3) is 5.49. The van der Waals surface area contributed by atoms with Crippen molar-refractivity contribution in [3.05, 3.63) is 70.7 Å². The van der Waals surface area contributed by atoms with Crippen LogP contribution in [0.4, 0.5) is 4.79 Å². The summed E-state index contributed by atoms with van der Waals surface area (Å²) < 4.78 is 5.63. The van der Waals surface area contributed by atoms with Gasteiger partial charge < -0.3 is 10.1 Å². The van der Waals surface area contributed by atoms with Crippen LogP contribution in [-0.4, -0.2) is 34.3 Å². The SMILES string of the molecule is C[C@H](NC(=O)[C@H]1CS[C@H](c2ccc(Cl)cc2)N1C(=O)OC(C)(C)C)c1ccccc1. The number of amides is 2. The highest BCUT2D eigenvalue weighted by molar-refractivity contribution is 7.99. The van der Waals surface area contributed by atoms with Crippen molar-refractivity contribution in [2.75, 3.05) is 5.75 Å². The maximum Gasteiger partial charge on any atom is 0.412 e. The molecule has 3 atom stereocenters. The van der Waals surface area contributed by atoms with Crippen LogP contribution in [0.2, 0.25) is 5.02 Å². The van der Waals surface area contributed by atoms with Crippen LogP contribution in [0.25, 0.3) is 0 Å². The highest BCUT2D eigenvalue weighted by Gasteiger charge is 2.44. The number of halogens is 1. The van der Waals surface area contributed by atoms with E-state index in [9.17, 15) is 9.59 Å². The molecule has 1 saturated heterocycles. The Bertz CT molecular complexity index is 884. The van der Waals surface area contributed by atoms with E-state index in [0.29, 0.717) is 10.8 Å². The molecule has 2 aromatic rings. The van der Waals surface area contributed by atoms with E-state index in [1.807, 2.05) is 70.2 Å². The summed E-state index contributed by atoms with van der Waals surface area (Å²) in [4.78, 5) is 27.8. The van der Waals surface area contributed by atoms with Crippen molar-refractivity contribution in [2.24, 2.45) is 0 Å². The van der Waals surface area contributed by atoms with Crippen molar-refractivity contribution in [2.45, 2.75) is 50.8 Å². The summed E-state index contributed by atoms with van der Waals surface area (Å²) in [5.74, 6) is 0.293. The zero-order valence-corrected chi connectivity index (χ0v) is 19.2. The van der Waals surface area contributed by atoms with Crippen LogP contribution in [0.1, 0.15) is 50.2 Å². The third-order valence-electron chi connectivity index (χ3n) is 4.72. The number of nitrogens with zero attached hydrogens (tertiary/aromatic N) is 1. The Morgan fingerprint density at radius 2 is 1.77 bits per heavy atom. The molecule has 3 rings (SSSR count). The van der Waals surface area contributed by atoms with Crippen LogP contribution < -0.4 is 5.32 Å². The first kappa shape index (κ1) is 22.5. The summed E-state index contributed by atoms with van der Waals surface area (Å²) in [5.41, 5.74) is 1.25. The van der Waals surface area contributed by atoms with E-state index < -0.39 is 17.7 Å². The highest BCUT2D eigenvalue weighted by Crippen LogP contribution is 2.42. The van der Waals surface area contributed by atoms with Gasteiger partial charge in [-0.05, 0) is 51.0 Å². The van der Waals surface area contributed by atoms with E-state index in [2.05, 4.69) is 5.32 Å². The Morgan fingerprint density at radius 1 is 1.13 bits per heavy atom. The molecule has 2 aromatic carbocycles. The van der Waals surface area contributed by atoms with Crippen LogP contribution in [-0.2, 0) is 9.53 Å². The molecule has 0 spiro atoms. The number of rotatable bonds is 4. The predicted octanol–water partition coefficient (Wildman–Crippen LogP) is 5.57. The van der Waals surface area contributed by atoms with Gasteiger partial charge in [0.15, 0.2) is 0 Å². The standard InChI is InChI=1S/C23H27ClN2O3S/c1-15(16-8-6-5-7-9-16)25-20(27)19-14-30-21(17-10-12-18(24)13-11-17)26(19)22(28)29-23(2,3)4/h5-13,15,19,21H,14H2,1-4H3,(H,25,27)/t15-,19+,21+/m0/s1. The third-order valence-corrected chi connectivity index (χ3v) is 6.30. The molecule has 7 heteroatoms. The predicted molar refractivity (Wildman–Crippen MR) is 122 cm³/mol. The minimum absolute atomic E-state index is 0.168. The van der Waals surface area contributed by atoms with Crippen LogP contribution in [0.3, 0.4) is 0 Å². The van der Waals surface area contributed by atoms with Crippen molar-refractivity contribution in [1.82, 2.24) is 10.2 Å². The van der Waals surface area contributed by atoms with Crippen LogP contribution >= 0.6 is 23.4 Å². The van der Waals surface area contributed by atoms with E-state index in [-0.39, 0.29) is 17.3 Å². The van der Waals surface area contributed by atoms with Gasteiger partial charge in [-0.1, -0.05) is 54.1 Å². The fraction of sp³-hybridized carbons (Fsp3) is 0.391. The molecule has 0 aromatic heterocycles. The van der Waals surface area contributed by atoms with Gasteiger partial charge >= 0.3 is 6.09 Å². The first-order chi connectivity index (χ1) is 14.2. The molecule has 0 aliphatic carbocycles. The molecule has 1 heterocycles. The molecule has 0 saturated carbocycles. The van der Waals surface area contributed by atoms with Crippen LogP contribution in [0.5, 0.6) is 0 Å². The first-order valence-corrected chi connectivity index (χ1v) is 11.3. The van der Waals surface area contributed by atoms with E-state index >= 15 is 0 Å². The van der Waals surface area contributed by atoms with Crippen molar-refractivity contribution in [1.29, 1.82) is 0 Å². The largest absolute Gasteiger partial charge is 0.444 e. The van der Waals surface area contributed by atoms with Gasteiger partial charge in [0.2, 0.25) is 5.91 Å². The van der Waals surface area contributed by atoms with E-state index in [4.69, 9.17) is 16.3 Å². The fourth-order valence-corrected chi connectivity index (χ4v) is 4.81. The minimum atomic E-state index is -0.659. The number of hydrogen-bond acceptors (Lipinski definition) is 4. The second-order valence-corrected chi connectivity index (χ2v) is 9.83. The minimum Gasteiger partial charge on any atom is -0.444 e. The molecular weight excluding hydrogens is 420 g/mol. The maximum absolute atomic E-state index is 13.1. The van der Waals surface area contributed by atoms with Crippen molar-refractivity contribution < 1.29 is 14.3 Å². The molecule has 2 amide bonds. The summed E-state index contributed by atoms with van der Waals surface area (Å²) in [5, 5.41) is 3.35. The van der Waals surface area contributed by atoms with Gasteiger partial charge in [-0.3, -0.25) is 9.69 Å². The number of thioether (sulfide) groups is 1. The number of benzene rings is 2. The zero-order valence-electron chi connectivity index (χ0n) is 17.6. The summed E-state index contributed by atoms with van der Waals surface area (Å²) in [6.07, 6.45) is -0.500. The van der Waals surface area contributed by atoms with Gasteiger partial charge in [0.1, 0.15) is 17.0 Å². The van der Waals surface area contributed by atoms with Crippen molar-refractivity contribution >= 4 is 35.4 Å². The van der Waals surface area contributed by atoms with Gasteiger partial charge in [0.05, 0.1) is 6.04 Å². The van der Waals surface area contributed by atoms with Gasteiger partial charge in [-0.2, -0.15) is 0 Å². The van der Waals surface area contributed by atoms with Crippen molar-refractivity contribution in [3.63, 3.8) is 0 Å². The smallest absolute Gasteiger partial charge is 0.412 e. The molecule has 30 heavy (non-hydrogen) atoms. The van der Waals surface area contributed by atoms with Crippen LogP contribution in [0, 0.1) is 0 Å². The lowest BCUT2D eigenvalue weighted by Gasteiger charge is -2.32. The quantitative estimate of drug-likeness (QED) is 0.667. The Labute approximate surface area is 187 Å². The Kier molecular flexibility index (Phi) is 6.98. The molecule has 1 N–H and O–H groups in total. The molecule has 0 bridgehead atoms. The number of carbonyl (C=O) groups excluding carboxylic acids is 2. The fourth-order valence-electron chi connectivity index (χ4n) is 3.26. The average molecular weight is 447 g/mol. The lowest BCUT2D eigenvalue weighted by molar-refractivity contribution is -0.126. The molecule has 1 aliphatic rings. The second-order valence-electron chi connectivity index (χ2n) is 8.28. The Hall–Kier alpha value is -2.18. The Balaban J connectivity index is 1.83. The topological polar surface area (TPSA) is 58.6 Å². The zero-order chi connectivity index (χ0) is 21.9. The second kappa shape index (κ2) is 9.31. The number of hydrogen-bond donors (Lipinski definition) is 1. The monoisotopic (exact) mass is 446 g/mol. The van der Waals surface area contributed by atoms with Gasteiger partial charge in [-0.15, -0.1) is 11.8 Å². The van der Waals surface area contributed by atoms with E-state index in [1.54, 1.807) is 28.8 Å².